The van der Waals surface area contributed by atoms with Gasteiger partial charge in [-0.2, -0.15) is 0 Å². The molecule has 0 atom stereocenters. The Morgan fingerprint density at radius 2 is 1.36 bits per heavy atom. The van der Waals surface area contributed by atoms with Gasteiger partial charge in [0.2, 0.25) is 0 Å². The molecule has 0 heterocycles. The Morgan fingerprint density at radius 3 is 1.57 bits per heavy atom. The van der Waals surface area contributed by atoms with Gasteiger partial charge in [0.25, 0.3) is 0 Å². The monoisotopic (exact) mass is 215 g/mol. The van der Waals surface area contributed by atoms with E-state index >= 15 is 0 Å². The second-order valence-electron chi connectivity index (χ2n) is 3.35. The zero-order valence-corrected chi connectivity index (χ0v) is 10.1. The minimum Gasteiger partial charge on any atom is -0.321 e. The molecule has 80 valence electrons. The summed E-state index contributed by atoms with van der Waals surface area (Å²) in [5, 5.41) is -0.900. The van der Waals surface area contributed by atoms with Crippen molar-refractivity contribution in [2.24, 2.45) is 0 Å². The van der Waals surface area contributed by atoms with Crippen LogP contribution in [0.15, 0.2) is 0 Å². The predicted molar refractivity (Wildman–Crippen MR) is 56.1 cm³/mol. The van der Waals surface area contributed by atoms with Gasteiger partial charge >= 0.3 is 8.24 Å². The van der Waals surface area contributed by atoms with Crippen LogP contribution in [0, 0.1) is 0 Å². The molecular weight excluding hydrogens is 198 g/mol. The average molecular weight is 215 g/mol. The maximum Gasteiger partial charge on any atom is 0.342 e. The lowest BCUT2D eigenvalue weighted by Gasteiger charge is -2.23. The summed E-state index contributed by atoms with van der Waals surface area (Å²) in [5.41, 5.74) is 0. The number of hydrogen-bond acceptors (Lipinski definition) is 4. The number of carbonyl (C=O) groups excluding carboxylic acids is 3. The van der Waals surface area contributed by atoms with E-state index in [1.807, 2.05) is 6.92 Å². The quantitative estimate of drug-likeness (QED) is 0.648. The first kappa shape index (κ1) is 13.2. The highest BCUT2D eigenvalue weighted by Crippen LogP contribution is 2.04. The van der Waals surface area contributed by atoms with Crippen molar-refractivity contribution in [2.45, 2.75) is 34.1 Å². The largest absolute Gasteiger partial charge is 0.342 e. The van der Waals surface area contributed by atoms with Crippen molar-refractivity contribution >= 4 is 24.5 Å². The zero-order chi connectivity index (χ0) is 11.4. The Balaban J connectivity index is 5.06. The third-order valence-corrected chi connectivity index (χ3v) is 6.17. The fourth-order valence-corrected chi connectivity index (χ4v) is 4.29. The van der Waals surface area contributed by atoms with Crippen LogP contribution in [0.1, 0.15) is 34.1 Å². The van der Waals surface area contributed by atoms with Crippen molar-refractivity contribution in [2.75, 3.05) is 6.54 Å². The number of hydrogen-bond donors (Lipinski definition) is 1. The van der Waals surface area contributed by atoms with Crippen LogP contribution in [0.5, 0.6) is 0 Å². The van der Waals surface area contributed by atoms with Crippen molar-refractivity contribution in [1.29, 1.82) is 0 Å². The molecule has 5 heteroatoms. The van der Waals surface area contributed by atoms with Crippen LogP contribution >= 0.6 is 0 Å². The molecule has 0 aromatic heterocycles. The standard InChI is InChI=1S/C9H17NO3Si/c1-5-6-10-14(7(2)11,8(3)12)9(4)13/h10H,5-6H2,1-4H3. The summed E-state index contributed by atoms with van der Waals surface area (Å²) in [4.78, 5) is 37.1. The van der Waals surface area contributed by atoms with Gasteiger partial charge in [-0.15, -0.1) is 0 Å². The molecule has 0 aromatic rings. The molecule has 4 nitrogen and oxygen atoms in total. The highest BCUT2D eigenvalue weighted by atomic mass is 28.3. The second-order valence-corrected chi connectivity index (χ2v) is 7.31. The molecule has 0 bridgehead atoms. The van der Waals surface area contributed by atoms with Gasteiger partial charge in [-0.25, -0.2) is 0 Å². The van der Waals surface area contributed by atoms with Crippen molar-refractivity contribution in [3.05, 3.63) is 0 Å². The Hall–Kier alpha value is -0.813. The lowest BCUT2D eigenvalue weighted by Crippen LogP contribution is -2.68. The third-order valence-electron chi connectivity index (χ3n) is 2.22. The maximum absolute atomic E-state index is 11.4. The van der Waals surface area contributed by atoms with E-state index in [-0.39, 0.29) is 16.2 Å². The summed E-state index contributed by atoms with van der Waals surface area (Å²) < 4.78 is 0. The van der Waals surface area contributed by atoms with Crippen LogP contribution in [0.3, 0.4) is 0 Å². The molecule has 0 amide bonds. The van der Waals surface area contributed by atoms with Gasteiger partial charge in [-0.05, 0) is 33.7 Å². The number of rotatable bonds is 6. The SMILES string of the molecule is CCCN[Si](C(C)=O)(C(C)=O)C(C)=O. The zero-order valence-electron chi connectivity index (χ0n) is 9.14. The Bertz CT molecular complexity index is 227. The summed E-state index contributed by atoms with van der Waals surface area (Å²) in [6.45, 7) is 6.41. The molecule has 0 aliphatic heterocycles. The molecule has 0 aromatic carbocycles. The fraction of sp³-hybridized carbons (Fsp3) is 0.667. The number of nitrogens with one attached hydrogen (secondary N) is 1. The molecule has 0 aliphatic carbocycles. The summed E-state index contributed by atoms with van der Waals surface area (Å²) in [6.07, 6.45) is 0.794. The maximum atomic E-state index is 11.4. The topological polar surface area (TPSA) is 63.2 Å². The normalized spacial score (nSPS) is 11.1. The first-order valence-corrected chi connectivity index (χ1v) is 6.67. The van der Waals surface area contributed by atoms with Crippen molar-refractivity contribution in [3.8, 4) is 0 Å². The molecule has 0 saturated heterocycles. The summed E-state index contributed by atoms with van der Waals surface area (Å²) >= 11 is 0. The van der Waals surface area contributed by atoms with Crippen molar-refractivity contribution < 1.29 is 14.4 Å². The fourth-order valence-electron chi connectivity index (χ4n) is 1.43. The van der Waals surface area contributed by atoms with E-state index in [9.17, 15) is 14.4 Å². The lowest BCUT2D eigenvalue weighted by atomic mass is 10.5. The van der Waals surface area contributed by atoms with E-state index in [0.29, 0.717) is 6.54 Å². The van der Waals surface area contributed by atoms with Gasteiger partial charge in [0.05, 0.1) is 0 Å². The van der Waals surface area contributed by atoms with E-state index in [1.165, 1.54) is 20.8 Å². The van der Waals surface area contributed by atoms with Crippen LogP contribution in [-0.2, 0) is 14.4 Å². The summed E-state index contributed by atoms with van der Waals surface area (Å²) in [6, 6.07) is 0. The summed E-state index contributed by atoms with van der Waals surface area (Å²) in [5.74, 6) is 0. The first-order chi connectivity index (χ1) is 6.39. The van der Waals surface area contributed by atoms with Crippen LogP contribution in [0.4, 0.5) is 0 Å². The summed E-state index contributed by atoms with van der Waals surface area (Å²) in [7, 11) is -3.22. The van der Waals surface area contributed by atoms with E-state index in [4.69, 9.17) is 0 Å². The minimum atomic E-state index is -3.22. The molecule has 0 rings (SSSR count). The van der Waals surface area contributed by atoms with E-state index < -0.39 is 8.24 Å². The minimum absolute atomic E-state index is 0.300. The molecule has 0 radical (unpaired) electrons. The highest BCUT2D eigenvalue weighted by Gasteiger charge is 2.49. The average Bonchev–Trinajstić information content (AvgIpc) is 2.03. The van der Waals surface area contributed by atoms with E-state index in [2.05, 4.69) is 4.98 Å². The molecule has 14 heavy (non-hydrogen) atoms. The Kier molecular flexibility index (Phi) is 4.86. The Labute approximate surface area is 85.2 Å². The van der Waals surface area contributed by atoms with Gasteiger partial charge in [-0.1, -0.05) is 6.92 Å². The number of carbonyl (C=O) groups is 3. The molecule has 0 aliphatic rings. The molecule has 0 spiro atoms. The molecule has 1 N–H and O–H groups in total. The van der Waals surface area contributed by atoms with Crippen LogP contribution in [0.25, 0.3) is 0 Å². The van der Waals surface area contributed by atoms with Crippen LogP contribution in [0.2, 0.25) is 0 Å². The second kappa shape index (κ2) is 5.16. The smallest absolute Gasteiger partial charge is 0.321 e. The molecule has 0 saturated carbocycles. The van der Waals surface area contributed by atoms with Crippen LogP contribution in [-0.4, -0.2) is 31.0 Å². The van der Waals surface area contributed by atoms with E-state index in [0.717, 1.165) is 6.42 Å². The van der Waals surface area contributed by atoms with Gasteiger partial charge in [0.15, 0.2) is 0 Å². The molecule has 0 unspecified atom stereocenters. The third kappa shape index (κ3) is 2.36. The van der Waals surface area contributed by atoms with Crippen molar-refractivity contribution in [1.82, 2.24) is 4.98 Å². The van der Waals surface area contributed by atoms with Gasteiger partial charge in [-0.3, -0.25) is 0 Å². The van der Waals surface area contributed by atoms with Crippen molar-refractivity contribution in [3.63, 3.8) is 0 Å². The first-order valence-electron chi connectivity index (χ1n) is 4.67. The van der Waals surface area contributed by atoms with E-state index in [1.54, 1.807) is 0 Å². The molecule has 0 fully saturated rings. The predicted octanol–water partition coefficient (Wildman–Crippen LogP) is 0.316. The lowest BCUT2D eigenvalue weighted by molar-refractivity contribution is -0.118. The van der Waals surface area contributed by atoms with Gasteiger partial charge in [0.1, 0.15) is 16.2 Å². The molecular formula is C9H17NO3Si. The van der Waals surface area contributed by atoms with Gasteiger partial charge in [0, 0.05) is 0 Å². The van der Waals surface area contributed by atoms with Gasteiger partial charge < -0.3 is 19.4 Å². The van der Waals surface area contributed by atoms with Crippen LogP contribution < -0.4 is 4.98 Å². The highest BCUT2D eigenvalue weighted by molar-refractivity contribution is 7.38. The Morgan fingerprint density at radius 1 is 1.00 bits per heavy atom.